The van der Waals surface area contributed by atoms with E-state index in [4.69, 9.17) is 4.74 Å². The van der Waals surface area contributed by atoms with Gasteiger partial charge in [0.25, 0.3) is 5.91 Å². The van der Waals surface area contributed by atoms with Crippen LogP contribution in [-0.2, 0) is 4.74 Å². The number of carbonyl (C=O) groups excluding carboxylic acids is 2. The molecule has 1 fully saturated rings. The number of esters is 1. The number of ether oxygens (including phenoxy) is 1. The van der Waals surface area contributed by atoms with Crippen molar-refractivity contribution in [2.24, 2.45) is 0 Å². The molecule has 0 spiro atoms. The normalized spacial score (nSPS) is 16.8. The van der Waals surface area contributed by atoms with Gasteiger partial charge in [-0.3, -0.25) is 10.1 Å². The zero-order valence-corrected chi connectivity index (χ0v) is 13.1. The van der Waals surface area contributed by atoms with Gasteiger partial charge in [-0.25, -0.2) is 0 Å². The predicted octanol–water partition coefficient (Wildman–Crippen LogP) is 1.86. The first kappa shape index (κ1) is 16.5. The van der Waals surface area contributed by atoms with Crippen LogP contribution in [0.15, 0.2) is 30.3 Å². The topological polar surface area (TPSA) is 71.8 Å². The Morgan fingerprint density at radius 1 is 1.18 bits per heavy atom. The zero-order valence-electron chi connectivity index (χ0n) is 13.1. The number of amides is 1. The van der Waals surface area contributed by atoms with Gasteiger partial charge in [0.15, 0.2) is 12.6 Å². The third kappa shape index (κ3) is 4.07. The molecule has 2 rings (SSSR count). The molecule has 0 heterocycles. The first-order valence-corrected chi connectivity index (χ1v) is 7.87. The molecule has 5 nitrogen and oxygen atoms in total. The van der Waals surface area contributed by atoms with Gasteiger partial charge in [0, 0.05) is 18.7 Å². The first-order chi connectivity index (χ1) is 10.7. The van der Waals surface area contributed by atoms with E-state index in [1.165, 1.54) is 13.5 Å². The fourth-order valence-corrected chi connectivity index (χ4v) is 2.99. The van der Waals surface area contributed by atoms with Crippen LogP contribution in [0.5, 0.6) is 0 Å². The summed E-state index contributed by atoms with van der Waals surface area (Å²) < 4.78 is 5.06. The third-order valence-electron chi connectivity index (χ3n) is 4.22. The van der Waals surface area contributed by atoms with E-state index in [-0.39, 0.29) is 11.9 Å². The maximum atomic E-state index is 11.9. The van der Waals surface area contributed by atoms with Crippen molar-refractivity contribution in [2.75, 3.05) is 20.2 Å². The quantitative estimate of drug-likeness (QED) is 0.479. The first-order valence-electron chi connectivity index (χ1n) is 7.87. The Bertz CT molecular complexity index is 496. The van der Waals surface area contributed by atoms with E-state index in [2.05, 4.69) is 10.6 Å². The van der Waals surface area contributed by atoms with Crippen LogP contribution in [0, 0.1) is 0 Å². The molecule has 1 saturated carbocycles. The molecule has 1 aliphatic carbocycles. The fraction of sp³-hybridized carbons (Fsp3) is 0.529. The van der Waals surface area contributed by atoms with Crippen molar-refractivity contribution in [3.63, 3.8) is 0 Å². The Morgan fingerprint density at radius 2 is 1.86 bits per heavy atom. The number of benzene rings is 1. The number of nitrogens with one attached hydrogen (secondary N) is 2. The molecule has 3 N–H and O–H groups in total. The van der Waals surface area contributed by atoms with Gasteiger partial charge in [-0.1, -0.05) is 37.5 Å². The highest BCUT2D eigenvalue weighted by atomic mass is 16.5. The van der Waals surface area contributed by atoms with Gasteiger partial charge in [-0.05, 0) is 25.0 Å². The average Bonchev–Trinajstić information content (AvgIpc) is 2.59. The Labute approximate surface area is 131 Å². The van der Waals surface area contributed by atoms with E-state index in [0.29, 0.717) is 18.7 Å². The van der Waals surface area contributed by atoms with Crippen molar-refractivity contribution in [1.82, 2.24) is 10.6 Å². The molecule has 1 aromatic rings. The molecular weight excluding hydrogens is 280 g/mol. The maximum absolute atomic E-state index is 11.9. The van der Waals surface area contributed by atoms with Crippen molar-refractivity contribution in [3.05, 3.63) is 35.9 Å². The molecule has 0 atom stereocenters. The predicted molar refractivity (Wildman–Crippen MR) is 86.5 cm³/mol. The molecule has 1 amide bonds. The smallest absolute Gasteiger partial charge is 0.351 e. The van der Waals surface area contributed by atoms with E-state index in [1.54, 1.807) is 12.1 Å². The molecule has 22 heavy (non-hydrogen) atoms. The second kappa shape index (κ2) is 7.94. The summed E-state index contributed by atoms with van der Waals surface area (Å²) >= 11 is 0. The van der Waals surface area contributed by atoms with Crippen LogP contribution >= 0.6 is 0 Å². The highest BCUT2D eigenvalue weighted by molar-refractivity contribution is 5.94. The van der Waals surface area contributed by atoms with E-state index in [9.17, 15) is 9.59 Å². The van der Waals surface area contributed by atoms with Crippen LogP contribution in [0.2, 0.25) is 0 Å². The van der Waals surface area contributed by atoms with Crippen LogP contribution in [0.3, 0.4) is 0 Å². The second-order valence-electron chi connectivity index (χ2n) is 5.70. The largest absolute Gasteiger partial charge is 0.503 e. The van der Waals surface area contributed by atoms with E-state index < -0.39 is 5.54 Å². The molecule has 120 valence electrons. The van der Waals surface area contributed by atoms with Crippen molar-refractivity contribution < 1.29 is 14.3 Å². The highest BCUT2D eigenvalue weighted by Gasteiger charge is 2.45. The molecule has 0 unspecified atom stereocenters. The van der Waals surface area contributed by atoms with Crippen LogP contribution in [0.4, 0.5) is 0 Å². The third-order valence-corrected chi connectivity index (χ3v) is 4.22. The Morgan fingerprint density at radius 3 is 2.50 bits per heavy atom. The minimum absolute atomic E-state index is 0.0570. The lowest BCUT2D eigenvalue weighted by Gasteiger charge is -2.31. The second-order valence-corrected chi connectivity index (χ2v) is 5.70. The summed E-state index contributed by atoms with van der Waals surface area (Å²) in [6.07, 6.45) is 5.04. The monoisotopic (exact) mass is 305 g/mol. The van der Waals surface area contributed by atoms with E-state index in [0.717, 1.165) is 25.7 Å². The Kier molecular flexibility index (Phi) is 5.95. The lowest BCUT2D eigenvalue weighted by atomic mass is 9.81. The van der Waals surface area contributed by atoms with Gasteiger partial charge in [0.1, 0.15) is 0 Å². The van der Waals surface area contributed by atoms with Crippen molar-refractivity contribution in [3.8, 4) is 0 Å². The van der Waals surface area contributed by atoms with Crippen LogP contribution in [0.1, 0.15) is 42.5 Å². The SMILES string of the molecule is COC(=[OH+])C1(NCCNC(=O)c2ccccc2)CCCCC1. The zero-order chi connectivity index (χ0) is 15.8. The van der Waals surface area contributed by atoms with Gasteiger partial charge in [0.05, 0.1) is 0 Å². The van der Waals surface area contributed by atoms with E-state index in [1.807, 2.05) is 18.2 Å². The summed E-state index contributed by atoms with van der Waals surface area (Å²) in [5, 5.41) is 6.25. The van der Waals surface area contributed by atoms with Gasteiger partial charge >= 0.3 is 5.97 Å². The molecule has 0 aliphatic heterocycles. The molecule has 1 aliphatic rings. The molecule has 0 radical (unpaired) electrons. The van der Waals surface area contributed by atoms with Crippen molar-refractivity contribution in [1.29, 1.82) is 0 Å². The van der Waals surface area contributed by atoms with Gasteiger partial charge in [0.2, 0.25) is 0 Å². The Hall–Kier alpha value is -1.88. The number of hydrogen-bond donors (Lipinski definition) is 2. The molecular formula is C17H25N2O3+. The Balaban J connectivity index is 1.81. The van der Waals surface area contributed by atoms with Gasteiger partial charge < -0.3 is 14.8 Å². The number of hydrogen-bond acceptors (Lipinski definition) is 3. The minimum Gasteiger partial charge on any atom is -0.351 e. The summed E-state index contributed by atoms with van der Waals surface area (Å²) in [4.78, 5) is 22.0. The van der Waals surface area contributed by atoms with Gasteiger partial charge in [-0.15, -0.1) is 0 Å². The molecule has 0 bridgehead atoms. The number of carbonyl (C=O) groups is 1. The molecule has 1 aromatic carbocycles. The number of methoxy groups -OCH3 is 1. The average molecular weight is 305 g/mol. The lowest BCUT2D eigenvalue weighted by molar-refractivity contribution is 0.0952. The summed E-state index contributed by atoms with van der Waals surface area (Å²) in [5.74, 6) is -0.0263. The minimum atomic E-state index is -0.468. The number of rotatable bonds is 6. The molecule has 5 heteroatoms. The van der Waals surface area contributed by atoms with E-state index >= 15 is 0 Å². The highest BCUT2D eigenvalue weighted by Crippen LogP contribution is 2.29. The lowest BCUT2D eigenvalue weighted by Crippen LogP contribution is -2.55. The van der Waals surface area contributed by atoms with Gasteiger partial charge in [-0.2, -0.15) is 0 Å². The summed E-state index contributed by atoms with van der Waals surface area (Å²) in [5.41, 5.74) is 0.186. The summed E-state index contributed by atoms with van der Waals surface area (Å²) in [6.45, 7) is 1.10. The standard InChI is InChI=1S/C17H24N2O3/c1-22-16(21)17(10-6-3-7-11-17)19-13-12-18-15(20)14-8-4-2-5-9-14/h2,4-5,8-9,19H,3,6-7,10-13H2,1H3,(H,18,20)/p+1. The fourth-order valence-electron chi connectivity index (χ4n) is 2.99. The van der Waals surface area contributed by atoms with Crippen LogP contribution in [-0.4, -0.2) is 42.4 Å². The summed E-state index contributed by atoms with van der Waals surface area (Å²) in [6, 6.07) is 9.14. The summed E-state index contributed by atoms with van der Waals surface area (Å²) in [7, 11) is 1.49. The van der Waals surface area contributed by atoms with Crippen molar-refractivity contribution in [2.45, 2.75) is 37.6 Å². The molecule has 0 saturated heterocycles. The van der Waals surface area contributed by atoms with Crippen molar-refractivity contribution >= 4 is 11.9 Å². The van der Waals surface area contributed by atoms with Crippen LogP contribution in [0.25, 0.3) is 0 Å². The maximum Gasteiger partial charge on any atom is 0.503 e. The molecule has 0 aromatic heterocycles. The van der Waals surface area contributed by atoms with Crippen LogP contribution < -0.4 is 10.6 Å².